The number of aliphatic imine (C=N–C) groups is 1. The van der Waals surface area contributed by atoms with Crippen molar-refractivity contribution in [2.45, 2.75) is 19.9 Å². The molecule has 0 saturated heterocycles. The van der Waals surface area contributed by atoms with E-state index in [1.165, 1.54) is 0 Å². The van der Waals surface area contributed by atoms with Gasteiger partial charge < -0.3 is 25.0 Å². The third-order valence-electron chi connectivity index (χ3n) is 3.45. The van der Waals surface area contributed by atoms with Gasteiger partial charge in [0, 0.05) is 59.2 Å². The molecular formula is C17H31N5O2. The van der Waals surface area contributed by atoms with Crippen LogP contribution in [0, 0.1) is 0 Å². The first-order valence-corrected chi connectivity index (χ1v) is 8.39. The zero-order chi connectivity index (χ0) is 17.6. The van der Waals surface area contributed by atoms with Crippen molar-refractivity contribution in [2.24, 2.45) is 4.99 Å². The number of aromatic nitrogens is 1. The third kappa shape index (κ3) is 8.69. The maximum absolute atomic E-state index is 5.41. The largest absolute Gasteiger partial charge is 0.478 e. The SMILES string of the molecule is CCOc1cc(CNC(=NC)NCCN(C)CCCOC)ccn1. The Bertz CT molecular complexity index is 482. The van der Waals surface area contributed by atoms with Crippen LogP contribution in [0.15, 0.2) is 23.3 Å². The van der Waals surface area contributed by atoms with Crippen molar-refractivity contribution in [2.75, 3.05) is 54.1 Å². The summed E-state index contributed by atoms with van der Waals surface area (Å²) in [6, 6.07) is 3.90. The minimum Gasteiger partial charge on any atom is -0.478 e. The van der Waals surface area contributed by atoms with E-state index in [0.717, 1.165) is 44.2 Å². The van der Waals surface area contributed by atoms with Crippen molar-refractivity contribution < 1.29 is 9.47 Å². The van der Waals surface area contributed by atoms with Gasteiger partial charge in [-0.05, 0) is 32.0 Å². The van der Waals surface area contributed by atoms with Crippen LogP contribution >= 0.6 is 0 Å². The average molecular weight is 337 g/mol. The van der Waals surface area contributed by atoms with E-state index in [9.17, 15) is 0 Å². The Hall–Kier alpha value is -1.86. The number of likely N-dealkylation sites (N-methyl/N-ethyl adjacent to an activating group) is 1. The van der Waals surface area contributed by atoms with Crippen LogP contribution in [-0.2, 0) is 11.3 Å². The Kier molecular flexibility index (Phi) is 10.6. The molecule has 0 aliphatic heterocycles. The van der Waals surface area contributed by atoms with Crippen LogP contribution in [0.1, 0.15) is 18.9 Å². The van der Waals surface area contributed by atoms with Crippen LogP contribution < -0.4 is 15.4 Å². The zero-order valence-corrected chi connectivity index (χ0v) is 15.3. The second-order valence-electron chi connectivity index (χ2n) is 5.44. The molecule has 0 bridgehead atoms. The van der Waals surface area contributed by atoms with Crippen molar-refractivity contribution in [1.29, 1.82) is 0 Å². The summed E-state index contributed by atoms with van der Waals surface area (Å²) >= 11 is 0. The smallest absolute Gasteiger partial charge is 0.213 e. The molecule has 0 aliphatic rings. The first kappa shape index (κ1) is 20.2. The van der Waals surface area contributed by atoms with Gasteiger partial charge in [-0.15, -0.1) is 0 Å². The summed E-state index contributed by atoms with van der Waals surface area (Å²) in [5, 5.41) is 6.62. The number of nitrogens with one attached hydrogen (secondary N) is 2. The molecule has 0 fully saturated rings. The van der Waals surface area contributed by atoms with Gasteiger partial charge >= 0.3 is 0 Å². The highest BCUT2D eigenvalue weighted by molar-refractivity contribution is 5.79. The lowest BCUT2D eigenvalue weighted by Gasteiger charge is -2.18. The van der Waals surface area contributed by atoms with Gasteiger partial charge in [-0.25, -0.2) is 4.98 Å². The lowest BCUT2D eigenvalue weighted by molar-refractivity contribution is 0.180. The van der Waals surface area contributed by atoms with Gasteiger partial charge in [0.05, 0.1) is 6.61 Å². The number of hydrogen-bond donors (Lipinski definition) is 2. The molecule has 0 radical (unpaired) electrons. The molecular weight excluding hydrogens is 306 g/mol. The van der Waals surface area contributed by atoms with Crippen molar-refractivity contribution in [3.05, 3.63) is 23.9 Å². The van der Waals surface area contributed by atoms with Gasteiger partial charge in [0.15, 0.2) is 5.96 Å². The molecule has 1 aromatic rings. The first-order chi connectivity index (χ1) is 11.7. The predicted octanol–water partition coefficient (Wildman–Crippen LogP) is 1.11. The number of rotatable bonds is 11. The fourth-order valence-electron chi connectivity index (χ4n) is 2.15. The molecule has 0 amide bonds. The van der Waals surface area contributed by atoms with Crippen LogP contribution in [0.25, 0.3) is 0 Å². The molecule has 0 saturated carbocycles. The Balaban J connectivity index is 2.29. The summed E-state index contributed by atoms with van der Waals surface area (Å²) in [5.74, 6) is 1.44. The van der Waals surface area contributed by atoms with Gasteiger partial charge in [-0.1, -0.05) is 0 Å². The first-order valence-electron chi connectivity index (χ1n) is 8.39. The number of hydrogen-bond acceptors (Lipinski definition) is 5. The van der Waals surface area contributed by atoms with E-state index in [4.69, 9.17) is 9.47 Å². The summed E-state index contributed by atoms with van der Waals surface area (Å²) in [4.78, 5) is 10.7. The second-order valence-corrected chi connectivity index (χ2v) is 5.44. The normalized spacial score (nSPS) is 11.6. The summed E-state index contributed by atoms with van der Waals surface area (Å²) < 4.78 is 10.5. The van der Waals surface area contributed by atoms with E-state index in [1.54, 1.807) is 20.4 Å². The quantitative estimate of drug-likeness (QED) is 0.358. The van der Waals surface area contributed by atoms with E-state index >= 15 is 0 Å². The number of pyridine rings is 1. The average Bonchev–Trinajstić information content (AvgIpc) is 2.59. The standard InChI is InChI=1S/C17H31N5O2/c1-5-24-16-13-15(7-8-19-16)14-21-17(18-2)20-9-11-22(3)10-6-12-23-4/h7-8,13H,5-6,9-12,14H2,1-4H3,(H2,18,20,21). The topological polar surface area (TPSA) is 71.0 Å². The Labute approximate surface area is 145 Å². The maximum Gasteiger partial charge on any atom is 0.213 e. The Morgan fingerprint density at radius 2 is 2.17 bits per heavy atom. The number of methoxy groups -OCH3 is 1. The molecule has 2 N–H and O–H groups in total. The molecule has 0 spiro atoms. The van der Waals surface area contributed by atoms with E-state index in [1.807, 2.05) is 19.1 Å². The number of guanidine groups is 1. The molecule has 0 unspecified atom stereocenters. The van der Waals surface area contributed by atoms with Crippen molar-refractivity contribution in [3.63, 3.8) is 0 Å². The highest BCUT2D eigenvalue weighted by Crippen LogP contribution is 2.08. The van der Waals surface area contributed by atoms with Gasteiger partial charge in [-0.2, -0.15) is 0 Å². The van der Waals surface area contributed by atoms with Gasteiger partial charge in [0.2, 0.25) is 5.88 Å². The highest BCUT2D eigenvalue weighted by Gasteiger charge is 2.02. The van der Waals surface area contributed by atoms with Crippen LogP contribution in [0.3, 0.4) is 0 Å². The van der Waals surface area contributed by atoms with E-state index < -0.39 is 0 Å². The van der Waals surface area contributed by atoms with Crippen LogP contribution in [0.5, 0.6) is 5.88 Å². The molecule has 7 nitrogen and oxygen atoms in total. The van der Waals surface area contributed by atoms with Gasteiger partial charge in [0.1, 0.15) is 0 Å². The molecule has 1 heterocycles. The number of ether oxygens (including phenoxy) is 2. The molecule has 1 rings (SSSR count). The fraction of sp³-hybridized carbons (Fsp3) is 0.647. The van der Waals surface area contributed by atoms with E-state index in [0.29, 0.717) is 19.0 Å². The van der Waals surface area contributed by atoms with Gasteiger partial charge in [-0.3, -0.25) is 4.99 Å². The fourth-order valence-corrected chi connectivity index (χ4v) is 2.15. The highest BCUT2D eigenvalue weighted by atomic mass is 16.5. The summed E-state index contributed by atoms with van der Waals surface area (Å²) in [5.41, 5.74) is 1.10. The Morgan fingerprint density at radius 3 is 2.88 bits per heavy atom. The summed E-state index contributed by atoms with van der Waals surface area (Å²) in [6.07, 6.45) is 2.80. The molecule has 0 aliphatic carbocycles. The molecule has 7 heteroatoms. The predicted molar refractivity (Wildman–Crippen MR) is 97.6 cm³/mol. The van der Waals surface area contributed by atoms with Gasteiger partial charge in [0.25, 0.3) is 0 Å². The van der Waals surface area contributed by atoms with Crippen LogP contribution in [-0.4, -0.2) is 69.9 Å². The lowest BCUT2D eigenvalue weighted by atomic mass is 10.2. The van der Waals surface area contributed by atoms with Crippen molar-refractivity contribution >= 4 is 5.96 Å². The Morgan fingerprint density at radius 1 is 1.33 bits per heavy atom. The summed E-state index contributed by atoms with van der Waals surface area (Å²) in [6.45, 7) is 6.86. The molecule has 0 aromatic carbocycles. The minimum absolute atomic E-state index is 0.616. The van der Waals surface area contributed by atoms with E-state index in [-0.39, 0.29) is 0 Å². The molecule has 24 heavy (non-hydrogen) atoms. The molecule has 0 atom stereocenters. The molecule has 136 valence electrons. The zero-order valence-electron chi connectivity index (χ0n) is 15.3. The third-order valence-corrected chi connectivity index (χ3v) is 3.45. The van der Waals surface area contributed by atoms with Crippen molar-refractivity contribution in [1.82, 2.24) is 20.5 Å². The lowest BCUT2D eigenvalue weighted by Crippen LogP contribution is -2.40. The monoisotopic (exact) mass is 337 g/mol. The maximum atomic E-state index is 5.41. The van der Waals surface area contributed by atoms with Crippen molar-refractivity contribution in [3.8, 4) is 5.88 Å². The number of nitrogens with zero attached hydrogens (tertiary/aromatic N) is 3. The van der Waals surface area contributed by atoms with E-state index in [2.05, 4.69) is 32.6 Å². The minimum atomic E-state index is 0.616. The second kappa shape index (κ2) is 12.5. The van der Waals surface area contributed by atoms with Crippen LogP contribution in [0.2, 0.25) is 0 Å². The van der Waals surface area contributed by atoms with Crippen LogP contribution in [0.4, 0.5) is 0 Å². The summed E-state index contributed by atoms with van der Waals surface area (Å²) in [7, 11) is 5.62. The molecule has 1 aromatic heterocycles.